The highest BCUT2D eigenvalue weighted by Crippen LogP contribution is 2.07. The molecule has 100 valence electrons. The summed E-state index contributed by atoms with van der Waals surface area (Å²) in [7, 11) is 3.21. The zero-order valence-electron chi connectivity index (χ0n) is 12.1. The second-order valence-corrected chi connectivity index (χ2v) is 4.16. The van der Waals surface area contributed by atoms with Crippen LogP contribution in [0.4, 0.5) is 0 Å². The van der Waals surface area contributed by atoms with Crippen LogP contribution in [0.3, 0.4) is 0 Å². The van der Waals surface area contributed by atoms with Gasteiger partial charge in [-0.2, -0.15) is 0 Å². The summed E-state index contributed by atoms with van der Waals surface area (Å²) < 4.78 is 9.35. The van der Waals surface area contributed by atoms with Gasteiger partial charge in [0.2, 0.25) is 0 Å². The van der Waals surface area contributed by atoms with E-state index in [1.54, 1.807) is 14.2 Å². The van der Waals surface area contributed by atoms with Gasteiger partial charge in [-0.05, 0) is 6.92 Å². The molecule has 0 rings (SSSR count). The van der Waals surface area contributed by atoms with E-state index in [9.17, 15) is 0 Å². The lowest BCUT2D eigenvalue weighted by Crippen LogP contribution is -2.05. The van der Waals surface area contributed by atoms with E-state index in [-0.39, 0.29) is 6.29 Å². The molecule has 0 N–H and O–H groups in total. The van der Waals surface area contributed by atoms with Crippen LogP contribution >= 0.6 is 0 Å². The first kappa shape index (κ1) is 18.3. The summed E-state index contributed by atoms with van der Waals surface area (Å²) in [4.78, 5) is 0. The van der Waals surface area contributed by atoms with Gasteiger partial charge in [-0.1, -0.05) is 65.2 Å². The van der Waals surface area contributed by atoms with Gasteiger partial charge in [0.15, 0.2) is 6.29 Å². The van der Waals surface area contributed by atoms with E-state index in [0.29, 0.717) is 0 Å². The Bertz CT molecular complexity index is 92.9. The number of rotatable bonds is 9. The first-order valence-electron chi connectivity index (χ1n) is 6.78. The molecular formula is C14H32O2. The zero-order valence-corrected chi connectivity index (χ0v) is 12.1. The monoisotopic (exact) mass is 232 g/mol. The van der Waals surface area contributed by atoms with Gasteiger partial charge in [0.1, 0.15) is 0 Å². The summed E-state index contributed by atoms with van der Waals surface area (Å²) in [6, 6.07) is 0. The van der Waals surface area contributed by atoms with Gasteiger partial charge in [0.25, 0.3) is 0 Å². The summed E-state index contributed by atoms with van der Waals surface area (Å²) in [5.74, 6) is 0. The molecule has 0 amide bonds. The smallest absolute Gasteiger partial charge is 0.154 e. The average molecular weight is 232 g/mol. The molecule has 0 aromatic rings. The topological polar surface area (TPSA) is 18.5 Å². The van der Waals surface area contributed by atoms with Gasteiger partial charge in [0.05, 0.1) is 0 Å². The van der Waals surface area contributed by atoms with Gasteiger partial charge < -0.3 is 9.47 Å². The van der Waals surface area contributed by atoms with Gasteiger partial charge >= 0.3 is 0 Å². The third-order valence-electron chi connectivity index (χ3n) is 2.62. The lowest BCUT2D eigenvalue weighted by Gasteiger charge is -2.03. The second-order valence-electron chi connectivity index (χ2n) is 4.16. The molecule has 0 heterocycles. The lowest BCUT2D eigenvalue weighted by molar-refractivity contribution is -0.0877. The molecule has 0 aromatic carbocycles. The molecule has 0 saturated heterocycles. The molecule has 0 saturated carbocycles. The van der Waals surface area contributed by atoms with Crippen LogP contribution in [0.2, 0.25) is 0 Å². The van der Waals surface area contributed by atoms with Crippen molar-refractivity contribution in [3.05, 3.63) is 0 Å². The third kappa shape index (κ3) is 19.5. The van der Waals surface area contributed by atoms with Crippen molar-refractivity contribution in [1.82, 2.24) is 0 Å². The van der Waals surface area contributed by atoms with Gasteiger partial charge in [-0.25, -0.2) is 0 Å². The summed E-state index contributed by atoms with van der Waals surface area (Å²) in [5, 5.41) is 0. The fraction of sp³-hybridized carbons (Fsp3) is 1.00. The molecule has 0 radical (unpaired) electrons. The summed E-state index contributed by atoms with van der Waals surface area (Å²) in [6.45, 7) is 6.37. The summed E-state index contributed by atoms with van der Waals surface area (Å²) in [5.41, 5.74) is 0. The Hall–Kier alpha value is -0.0800. The van der Waals surface area contributed by atoms with Crippen LogP contribution in [-0.4, -0.2) is 20.5 Å². The molecule has 0 aliphatic heterocycles. The van der Waals surface area contributed by atoms with Crippen LogP contribution < -0.4 is 0 Å². The maximum absolute atomic E-state index is 4.68. The fourth-order valence-corrected chi connectivity index (χ4v) is 1.30. The van der Waals surface area contributed by atoms with Crippen molar-refractivity contribution in [2.45, 2.75) is 78.4 Å². The predicted octanol–water partition coefficient (Wildman–Crippen LogP) is 4.77. The molecule has 0 atom stereocenters. The third-order valence-corrected chi connectivity index (χ3v) is 2.62. The van der Waals surface area contributed by atoms with Crippen molar-refractivity contribution in [2.75, 3.05) is 14.2 Å². The van der Waals surface area contributed by atoms with Crippen molar-refractivity contribution in [1.29, 1.82) is 0 Å². The van der Waals surface area contributed by atoms with Gasteiger partial charge in [-0.3, -0.25) is 0 Å². The Morgan fingerprint density at radius 1 is 0.688 bits per heavy atom. The van der Waals surface area contributed by atoms with Gasteiger partial charge in [0, 0.05) is 14.2 Å². The van der Waals surface area contributed by atoms with Crippen LogP contribution in [-0.2, 0) is 9.47 Å². The molecule has 0 aliphatic rings. The summed E-state index contributed by atoms with van der Waals surface area (Å²) >= 11 is 0. The highest BCUT2D eigenvalue weighted by atomic mass is 16.7. The van der Waals surface area contributed by atoms with E-state index in [1.165, 1.54) is 51.4 Å². The molecule has 0 spiro atoms. The molecule has 2 heteroatoms. The molecular weight excluding hydrogens is 200 g/mol. The predicted molar refractivity (Wildman–Crippen MR) is 71.8 cm³/mol. The highest BCUT2D eigenvalue weighted by Gasteiger charge is 1.88. The highest BCUT2D eigenvalue weighted by molar-refractivity contribution is 4.43. The number of unbranched alkanes of at least 4 members (excludes halogenated alkanes) is 7. The number of ether oxygens (including phenoxy) is 2. The van der Waals surface area contributed by atoms with Crippen LogP contribution in [0.25, 0.3) is 0 Å². The molecule has 0 unspecified atom stereocenters. The zero-order chi connectivity index (χ0) is 12.6. The van der Waals surface area contributed by atoms with E-state index in [1.807, 2.05) is 6.92 Å². The molecule has 2 nitrogen and oxygen atoms in total. The van der Waals surface area contributed by atoms with E-state index in [0.717, 1.165) is 0 Å². The normalized spacial score (nSPS) is 10.1. The van der Waals surface area contributed by atoms with E-state index in [2.05, 4.69) is 23.3 Å². The maximum Gasteiger partial charge on any atom is 0.154 e. The Balaban J connectivity index is 0. The van der Waals surface area contributed by atoms with Crippen LogP contribution in [0.1, 0.15) is 72.1 Å². The standard InChI is InChI=1S/C10H22.C4H10O2/c1-3-5-7-9-10-8-6-4-2;1-4(5-2)6-3/h3-10H2,1-2H3;4H,1-3H3. The largest absolute Gasteiger partial charge is 0.356 e. The SMILES string of the molecule is CCCCCCCCCC.COC(C)OC. The van der Waals surface area contributed by atoms with Crippen LogP contribution in [0, 0.1) is 0 Å². The van der Waals surface area contributed by atoms with Crippen LogP contribution in [0.5, 0.6) is 0 Å². The quantitative estimate of drug-likeness (QED) is 0.421. The molecule has 16 heavy (non-hydrogen) atoms. The Morgan fingerprint density at radius 3 is 1.19 bits per heavy atom. The maximum atomic E-state index is 4.68. The van der Waals surface area contributed by atoms with Crippen molar-refractivity contribution in [2.24, 2.45) is 0 Å². The lowest BCUT2D eigenvalue weighted by atomic mass is 10.1. The first-order chi connectivity index (χ1) is 7.72. The van der Waals surface area contributed by atoms with E-state index < -0.39 is 0 Å². The number of hydrogen-bond donors (Lipinski definition) is 0. The molecule has 0 fully saturated rings. The first-order valence-corrected chi connectivity index (χ1v) is 6.78. The molecule has 0 aromatic heterocycles. The minimum absolute atomic E-state index is 0.0648. The number of hydrogen-bond acceptors (Lipinski definition) is 2. The minimum Gasteiger partial charge on any atom is -0.356 e. The Labute approximate surface area is 103 Å². The Kier molecular flexibility index (Phi) is 19.8. The Morgan fingerprint density at radius 2 is 1.00 bits per heavy atom. The molecule has 0 aliphatic carbocycles. The number of methoxy groups -OCH3 is 2. The van der Waals surface area contributed by atoms with Crippen molar-refractivity contribution < 1.29 is 9.47 Å². The second kappa shape index (κ2) is 17.3. The average Bonchev–Trinajstić information content (AvgIpc) is 2.33. The van der Waals surface area contributed by atoms with Gasteiger partial charge in [-0.15, -0.1) is 0 Å². The fourth-order valence-electron chi connectivity index (χ4n) is 1.30. The van der Waals surface area contributed by atoms with Crippen molar-refractivity contribution in [3.63, 3.8) is 0 Å². The molecule has 0 bridgehead atoms. The van der Waals surface area contributed by atoms with E-state index in [4.69, 9.17) is 0 Å². The van der Waals surface area contributed by atoms with Crippen LogP contribution in [0.15, 0.2) is 0 Å². The van der Waals surface area contributed by atoms with Crippen molar-refractivity contribution >= 4 is 0 Å². The van der Waals surface area contributed by atoms with Crippen molar-refractivity contribution in [3.8, 4) is 0 Å². The summed E-state index contributed by atoms with van der Waals surface area (Å²) in [6.07, 6.45) is 11.4. The minimum atomic E-state index is -0.0648. The van der Waals surface area contributed by atoms with E-state index >= 15 is 0 Å².